The molecule has 0 atom stereocenters. The van der Waals surface area contributed by atoms with Crippen molar-refractivity contribution in [3.8, 4) is 44.5 Å². The van der Waals surface area contributed by atoms with Crippen molar-refractivity contribution in [1.29, 1.82) is 0 Å². The second kappa shape index (κ2) is 13.8. The van der Waals surface area contributed by atoms with Gasteiger partial charge in [0.05, 0.1) is 10.4 Å². The van der Waals surface area contributed by atoms with Crippen LogP contribution in [0.15, 0.2) is 217 Å². The van der Waals surface area contributed by atoms with Gasteiger partial charge in [-0.05, 0) is 75.8 Å². The van der Waals surface area contributed by atoms with Crippen LogP contribution in [0.25, 0.3) is 86.6 Å². The Balaban J connectivity index is 1.23. The van der Waals surface area contributed by atoms with E-state index in [0.717, 1.165) is 72.4 Å². The monoisotopic (exact) mass is 745 g/mol. The molecule has 3 heteroatoms. The summed E-state index contributed by atoms with van der Waals surface area (Å²) in [5.74, 6) is 0. The normalized spacial score (nSPS) is 11.5. The minimum absolute atomic E-state index is 0.889. The number of thiophene rings is 1. The van der Waals surface area contributed by atoms with Gasteiger partial charge in [0.25, 0.3) is 0 Å². The van der Waals surface area contributed by atoms with Crippen LogP contribution in [-0.2, 0) is 0 Å². The van der Waals surface area contributed by atoms with E-state index in [4.69, 9.17) is 4.42 Å². The lowest BCUT2D eigenvalue weighted by molar-refractivity contribution is 0.670. The summed E-state index contributed by atoms with van der Waals surface area (Å²) in [6, 6.07) is 76.4. The second-order valence-corrected chi connectivity index (χ2v) is 15.5. The quantitative estimate of drug-likeness (QED) is 0.162. The maximum atomic E-state index is 6.75. The lowest BCUT2D eigenvalue weighted by Crippen LogP contribution is -2.11. The molecule has 0 saturated carbocycles. The van der Waals surface area contributed by atoms with Crippen LogP contribution in [0.1, 0.15) is 0 Å². The maximum Gasteiger partial charge on any atom is 0.143 e. The van der Waals surface area contributed by atoms with Gasteiger partial charge < -0.3 is 9.32 Å². The first kappa shape index (κ1) is 33.2. The molecule has 57 heavy (non-hydrogen) atoms. The van der Waals surface area contributed by atoms with Gasteiger partial charge in [0.15, 0.2) is 0 Å². The predicted octanol–water partition coefficient (Wildman–Crippen LogP) is 16.1. The van der Waals surface area contributed by atoms with Crippen LogP contribution in [0.2, 0.25) is 0 Å². The van der Waals surface area contributed by atoms with Gasteiger partial charge in [0.1, 0.15) is 11.2 Å². The Kier molecular flexibility index (Phi) is 8.04. The maximum absolute atomic E-state index is 6.75. The molecule has 0 radical (unpaired) electrons. The van der Waals surface area contributed by atoms with Crippen LogP contribution in [0.5, 0.6) is 0 Å². The van der Waals surface area contributed by atoms with E-state index in [0.29, 0.717) is 0 Å². The van der Waals surface area contributed by atoms with E-state index in [1.165, 1.54) is 31.3 Å². The first-order chi connectivity index (χ1) is 28.3. The Morgan fingerprint density at radius 2 is 0.912 bits per heavy atom. The molecular formula is C54H35NOS. The molecule has 0 spiro atoms. The van der Waals surface area contributed by atoms with Gasteiger partial charge in [0.2, 0.25) is 0 Å². The number of furan rings is 1. The summed E-state index contributed by atoms with van der Waals surface area (Å²) in [4.78, 5) is 2.46. The topological polar surface area (TPSA) is 16.4 Å². The number of hydrogen-bond acceptors (Lipinski definition) is 3. The van der Waals surface area contributed by atoms with E-state index in [1.807, 2.05) is 17.4 Å². The van der Waals surface area contributed by atoms with Gasteiger partial charge in [-0.3, -0.25) is 0 Å². The van der Waals surface area contributed by atoms with E-state index >= 15 is 0 Å². The van der Waals surface area contributed by atoms with Crippen LogP contribution >= 0.6 is 11.3 Å². The minimum atomic E-state index is 0.889. The number of benzene rings is 9. The highest BCUT2D eigenvalue weighted by Gasteiger charge is 2.25. The van der Waals surface area contributed by atoms with Gasteiger partial charge >= 0.3 is 0 Å². The van der Waals surface area contributed by atoms with Gasteiger partial charge in [-0.2, -0.15) is 0 Å². The van der Waals surface area contributed by atoms with Crippen LogP contribution in [0, 0.1) is 0 Å². The van der Waals surface area contributed by atoms with Crippen LogP contribution in [0.3, 0.4) is 0 Å². The van der Waals surface area contributed by atoms with Crippen molar-refractivity contribution < 1.29 is 4.42 Å². The molecule has 2 heterocycles. The average molecular weight is 746 g/mol. The lowest BCUT2D eigenvalue weighted by atomic mass is 9.86. The highest BCUT2D eigenvalue weighted by Crippen LogP contribution is 2.50. The van der Waals surface area contributed by atoms with Gasteiger partial charge in [-0.15, -0.1) is 11.3 Å². The molecule has 0 aliphatic rings. The molecule has 2 aromatic heterocycles. The smallest absolute Gasteiger partial charge is 0.143 e. The van der Waals surface area contributed by atoms with Crippen molar-refractivity contribution in [1.82, 2.24) is 0 Å². The average Bonchev–Trinajstić information content (AvgIpc) is 3.87. The lowest BCUT2D eigenvalue weighted by Gasteiger charge is -2.29. The Labute approximate surface area is 335 Å². The van der Waals surface area contributed by atoms with E-state index in [1.54, 1.807) is 0 Å². The molecule has 0 unspecified atom stereocenters. The molecule has 2 nitrogen and oxygen atoms in total. The third kappa shape index (κ3) is 5.71. The fraction of sp³-hybridized carbons (Fsp3) is 0. The molecule has 11 rings (SSSR count). The van der Waals surface area contributed by atoms with E-state index in [9.17, 15) is 0 Å². The van der Waals surface area contributed by atoms with Crippen molar-refractivity contribution >= 4 is 70.5 Å². The Hall–Kier alpha value is -7.20. The van der Waals surface area contributed by atoms with E-state index in [-0.39, 0.29) is 0 Å². The zero-order valence-corrected chi connectivity index (χ0v) is 31.8. The van der Waals surface area contributed by atoms with Crippen LogP contribution < -0.4 is 4.90 Å². The van der Waals surface area contributed by atoms with E-state index < -0.39 is 0 Å². The number of anilines is 3. The predicted molar refractivity (Wildman–Crippen MR) is 243 cm³/mol. The fourth-order valence-electron chi connectivity index (χ4n) is 8.45. The van der Waals surface area contributed by atoms with Gasteiger partial charge in [-0.1, -0.05) is 170 Å². The molecule has 0 bridgehead atoms. The summed E-state index contributed by atoms with van der Waals surface area (Å²) in [6.45, 7) is 0. The Morgan fingerprint density at radius 1 is 0.368 bits per heavy atom. The second-order valence-electron chi connectivity index (χ2n) is 14.4. The summed E-state index contributed by atoms with van der Waals surface area (Å²) in [5, 5.41) is 4.78. The van der Waals surface area contributed by atoms with Crippen molar-refractivity contribution in [3.05, 3.63) is 212 Å². The molecule has 0 fully saturated rings. The summed E-state index contributed by atoms with van der Waals surface area (Å²) in [6.07, 6.45) is 0. The standard InChI is InChI=1S/C54H35NOS/c1-4-16-36(17-5-1)37-30-32-40(33-31-37)55(49-27-15-25-45-43-23-11-13-29-51(43)57-54(45)49)41-34-47(38-18-6-2-7-19-38)52(48(35-41)39-20-8-3-9-21-39)46-26-14-24-44-42-22-10-12-28-50(42)56-53(44)46/h1-35H. The van der Waals surface area contributed by atoms with Crippen molar-refractivity contribution in [2.75, 3.05) is 4.90 Å². The summed E-state index contributed by atoms with van der Waals surface area (Å²) in [7, 11) is 0. The number of fused-ring (bicyclic) bond motifs is 6. The molecular weight excluding hydrogens is 711 g/mol. The number of hydrogen-bond donors (Lipinski definition) is 0. The summed E-state index contributed by atoms with van der Waals surface area (Å²) >= 11 is 1.86. The third-order valence-corrected chi connectivity index (χ3v) is 12.3. The molecule has 11 aromatic rings. The van der Waals surface area contributed by atoms with Crippen molar-refractivity contribution in [2.24, 2.45) is 0 Å². The molecule has 0 amide bonds. The number of rotatable bonds is 7. The Bertz CT molecular complexity index is 3160. The zero-order chi connectivity index (χ0) is 37.7. The fourth-order valence-corrected chi connectivity index (χ4v) is 9.66. The van der Waals surface area contributed by atoms with Crippen LogP contribution in [0.4, 0.5) is 17.1 Å². The summed E-state index contributed by atoms with van der Waals surface area (Å²) < 4.78 is 9.29. The highest BCUT2D eigenvalue weighted by molar-refractivity contribution is 7.26. The molecule has 0 aliphatic heterocycles. The van der Waals surface area contributed by atoms with Crippen molar-refractivity contribution in [3.63, 3.8) is 0 Å². The first-order valence-corrected chi connectivity index (χ1v) is 20.2. The van der Waals surface area contributed by atoms with Crippen molar-refractivity contribution in [2.45, 2.75) is 0 Å². The zero-order valence-electron chi connectivity index (χ0n) is 31.0. The Morgan fingerprint density at radius 3 is 1.61 bits per heavy atom. The molecule has 268 valence electrons. The molecule has 9 aromatic carbocycles. The third-order valence-electron chi connectivity index (χ3n) is 11.1. The molecule has 0 N–H and O–H groups in total. The SMILES string of the molecule is c1ccc(-c2ccc(N(c3cc(-c4ccccc4)c(-c4cccc5c4oc4ccccc45)c(-c4ccccc4)c3)c3cccc4c3sc3ccccc34)cc2)cc1. The van der Waals surface area contributed by atoms with Gasteiger partial charge in [-0.25, -0.2) is 0 Å². The van der Waals surface area contributed by atoms with Gasteiger partial charge in [0, 0.05) is 48.7 Å². The molecule has 0 aliphatic carbocycles. The highest BCUT2D eigenvalue weighted by atomic mass is 32.1. The summed E-state index contributed by atoms with van der Waals surface area (Å²) in [5.41, 5.74) is 14.2. The number of para-hydroxylation sites is 2. The van der Waals surface area contributed by atoms with E-state index in [2.05, 4.69) is 211 Å². The minimum Gasteiger partial charge on any atom is -0.455 e. The first-order valence-electron chi connectivity index (χ1n) is 19.3. The van der Waals surface area contributed by atoms with Crippen LogP contribution in [-0.4, -0.2) is 0 Å². The molecule has 0 saturated heterocycles. The largest absolute Gasteiger partial charge is 0.455 e. The number of nitrogens with zero attached hydrogens (tertiary/aromatic N) is 1.